The number of aromatic nitrogens is 1. The third-order valence-corrected chi connectivity index (χ3v) is 6.99. The van der Waals surface area contributed by atoms with E-state index in [0.29, 0.717) is 25.6 Å². The summed E-state index contributed by atoms with van der Waals surface area (Å²) < 4.78 is 7.45. The highest BCUT2D eigenvalue weighted by atomic mass is 35.5. The van der Waals surface area contributed by atoms with Gasteiger partial charge >= 0.3 is 5.97 Å². The van der Waals surface area contributed by atoms with Crippen LogP contribution in [-0.4, -0.2) is 22.2 Å². The lowest BCUT2D eigenvalue weighted by Crippen LogP contribution is -2.40. The molecule has 2 heterocycles. The highest BCUT2D eigenvalue weighted by molar-refractivity contribution is 7.07. The first kappa shape index (κ1) is 23.8. The van der Waals surface area contributed by atoms with E-state index in [1.807, 2.05) is 30.3 Å². The van der Waals surface area contributed by atoms with Crippen molar-refractivity contribution in [3.8, 4) is 5.75 Å². The van der Waals surface area contributed by atoms with E-state index in [4.69, 9.17) is 21.3 Å². The zero-order valence-corrected chi connectivity index (χ0v) is 20.8. The lowest BCUT2D eigenvalue weighted by atomic mass is 9.93. The van der Waals surface area contributed by atoms with Gasteiger partial charge in [-0.2, -0.15) is 0 Å². The third kappa shape index (κ3) is 4.51. The Morgan fingerprint density at radius 1 is 1.08 bits per heavy atom. The lowest BCUT2D eigenvalue weighted by Gasteiger charge is -2.25. The van der Waals surface area contributed by atoms with E-state index < -0.39 is 12.0 Å². The number of phenolic OH excluding ortho intramolecular Hbond substituents is 1. The number of rotatable bonds is 5. The second kappa shape index (κ2) is 9.97. The summed E-state index contributed by atoms with van der Waals surface area (Å²) in [5, 5.41) is 10.1. The maximum absolute atomic E-state index is 13.7. The van der Waals surface area contributed by atoms with Crippen LogP contribution in [0.15, 0.2) is 94.2 Å². The number of esters is 1. The van der Waals surface area contributed by atoms with Crippen LogP contribution >= 0.6 is 22.9 Å². The summed E-state index contributed by atoms with van der Waals surface area (Å²) in [6.45, 7) is 1.92. The quantitative estimate of drug-likeness (QED) is 0.401. The molecule has 0 fully saturated rings. The monoisotopic (exact) mass is 516 g/mol. The number of phenols is 1. The van der Waals surface area contributed by atoms with Crippen molar-refractivity contribution in [1.29, 1.82) is 0 Å². The number of hydrogen-bond donors (Lipinski definition) is 1. The number of hydrogen-bond acceptors (Lipinski definition) is 6. The molecule has 1 aromatic heterocycles. The second-order valence-corrected chi connectivity index (χ2v) is 9.52. The largest absolute Gasteiger partial charge is 0.508 e. The number of carbonyl (C=O) groups excluding carboxylic acids is 1. The summed E-state index contributed by atoms with van der Waals surface area (Å²) in [5.74, 6) is -0.393. The molecule has 180 valence electrons. The number of ether oxygens (including phenoxy) is 1. The van der Waals surface area contributed by atoms with Crippen LogP contribution in [0.2, 0.25) is 5.02 Å². The van der Waals surface area contributed by atoms with E-state index in [1.54, 1.807) is 66.1 Å². The molecule has 3 aromatic carbocycles. The van der Waals surface area contributed by atoms with E-state index in [1.165, 1.54) is 11.3 Å². The van der Waals surface area contributed by atoms with Crippen molar-refractivity contribution >= 4 is 40.7 Å². The first-order valence-corrected chi connectivity index (χ1v) is 12.5. The third-order valence-electron chi connectivity index (χ3n) is 5.75. The van der Waals surface area contributed by atoms with Gasteiger partial charge in [-0.05, 0) is 48.4 Å². The molecule has 5 rings (SSSR count). The minimum Gasteiger partial charge on any atom is -0.508 e. The topological polar surface area (TPSA) is 80.9 Å². The highest BCUT2D eigenvalue weighted by Crippen LogP contribution is 2.35. The van der Waals surface area contributed by atoms with Crippen LogP contribution in [0.3, 0.4) is 0 Å². The lowest BCUT2D eigenvalue weighted by molar-refractivity contribution is -0.138. The van der Waals surface area contributed by atoms with Crippen molar-refractivity contribution in [3.05, 3.63) is 126 Å². The number of benzene rings is 3. The van der Waals surface area contributed by atoms with Crippen molar-refractivity contribution in [2.45, 2.75) is 13.0 Å². The Bertz CT molecular complexity index is 1640. The average molecular weight is 517 g/mol. The fraction of sp³-hybridized carbons (Fsp3) is 0.107. The van der Waals surface area contributed by atoms with Crippen molar-refractivity contribution < 1.29 is 14.6 Å². The molecule has 36 heavy (non-hydrogen) atoms. The Morgan fingerprint density at radius 2 is 1.78 bits per heavy atom. The summed E-state index contributed by atoms with van der Waals surface area (Å²) in [6.07, 6.45) is 1.75. The fourth-order valence-electron chi connectivity index (χ4n) is 4.12. The zero-order chi connectivity index (χ0) is 25.2. The minimum atomic E-state index is -0.755. The normalized spacial score (nSPS) is 15.4. The van der Waals surface area contributed by atoms with Gasteiger partial charge in [-0.3, -0.25) is 9.36 Å². The predicted molar refractivity (Wildman–Crippen MR) is 141 cm³/mol. The maximum atomic E-state index is 13.7. The first-order valence-electron chi connectivity index (χ1n) is 11.3. The van der Waals surface area contributed by atoms with Crippen LogP contribution in [0.1, 0.15) is 29.7 Å². The van der Waals surface area contributed by atoms with Gasteiger partial charge in [0.15, 0.2) is 4.80 Å². The molecule has 0 radical (unpaired) electrons. The van der Waals surface area contributed by atoms with Crippen molar-refractivity contribution in [2.75, 3.05) is 6.61 Å². The van der Waals surface area contributed by atoms with E-state index in [-0.39, 0.29) is 23.5 Å². The Kier molecular flexibility index (Phi) is 6.59. The molecular weight excluding hydrogens is 496 g/mol. The van der Waals surface area contributed by atoms with Crippen LogP contribution in [-0.2, 0) is 9.53 Å². The summed E-state index contributed by atoms with van der Waals surface area (Å²) in [5.41, 5.74) is 2.69. The van der Waals surface area contributed by atoms with Crippen molar-refractivity contribution in [3.63, 3.8) is 0 Å². The number of fused-ring (bicyclic) bond motifs is 1. The van der Waals surface area contributed by atoms with Crippen LogP contribution < -0.4 is 14.9 Å². The Balaban J connectivity index is 1.82. The standard InChI is InChI=1S/C28H21ClN2O4S/c1-2-35-27(34)23-24(18-6-4-3-5-7-18)30-28-31(25(23)19-10-12-20(29)13-11-19)26(33)22(36-28)16-17-8-14-21(32)15-9-17/h3-16,25,32H,2H2,1H3/b22-16-/t25-/m0/s1. The van der Waals surface area contributed by atoms with Crippen molar-refractivity contribution in [1.82, 2.24) is 4.57 Å². The maximum Gasteiger partial charge on any atom is 0.338 e. The average Bonchev–Trinajstić information content (AvgIpc) is 3.20. The number of thiazole rings is 1. The predicted octanol–water partition coefficient (Wildman–Crippen LogP) is 4.29. The van der Waals surface area contributed by atoms with Gasteiger partial charge in [-0.25, -0.2) is 9.79 Å². The van der Waals surface area contributed by atoms with Crippen molar-refractivity contribution in [2.24, 2.45) is 4.99 Å². The molecule has 0 unspecified atom stereocenters. The molecule has 1 atom stereocenters. The van der Waals surface area contributed by atoms with Crippen LogP contribution in [0, 0.1) is 0 Å². The summed E-state index contributed by atoms with van der Waals surface area (Å²) >= 11 is 7.39. The number of carbonyl (C=O) groups is 1. The Morgan fingerprint density at radius 3 is 2.44 bits per heavy atom. The summed E-state index contributed by atoms with van der Waals surface area (Å²) in [6, 6.07) is 22.3. The zero-order valence-electron chi connectivity index (χ0n) is 19.2. The second-order valence-electron chi connectivity index (χ2n) is 8.07. The molecule has 1 N–H and O–H groups in total. The smallest absolute Gasteiger partial charge is 0.338 e. The van der Waals surface area contributed by atoms with Gasteiger partial charge in [-0.1, -0.05) is 77.5 Å². The van der Waals surface area contributed by atoms with Gasteiger partial charge in [0.25, 0.3) is 5.56 Å². The van der Waals surface area contributed by atoms with Gasteiger partial charge in [0.1, 0.15) is 5.75 Å². The Hall–Kier alpha value is -3.94. The Labute approximate surface area is 215 Å². The molecule has 1 aliphatic rings. The molecule has 8 heteroatoms. The van der Waals surface area contributed by atoms with Gasteiger partial charge in [0, 0.05) is 10.6 Å². The minimum absolute atomic E-state index is 0.142. The summed E-state index contributed by atoms with van der Waals surface area (Å²) in [4.78, 5) is 32.4. The SMILES string of the molecule is CCOC(=O)C1=C(c2ccccc2)N=c2s/c(=C\c3ccc(O)cc3)c(=O)n2[C@H]1c1ccc(Cl)cc1. The van der Waals surface area contributed by atoms with Gasteiger partial charge in [0.05, 0.1) is 28.5 Å². The fourth-order valence-corrected chi connectivity index (χ4v) is 5.25. The van der Waals surface area contributed by atoms with Crippen LogP contribution in [0.4, 0.5) is 0 Å². The number of aromatic hydroxyl groups is 1. The van der Waals surface area contributed by atoms with E-state index >= 15 is 0 Å². The number of nitrogens with zero attached hydrogens (tertiary/aromatic N) is 2. The van der Waals surface area contributed by atoms with Crippen LogP contribution in [0.5, 0.6) is 5.75 Å². The molecule has 0 amide bonds. The molecular formula is C28H21ClN2O4S. The van der Waals surface area contributed by atoms with Gasteiger partial charge < -0.3 is 9.84 Å². The van der Waals surface area contributed by atoms with E-state index in [2.05, 4.69) is 0 Å². The highest BCUT2D eigenvalue weighted by Gasteiger charge is 2.35. The van der Waals surface area contributed by atoms with Gasteiger partial charge in [-0.15, -0.1) is 0 Å². The molecule has 0 aliphatic carbocycles. The molecule has 1 aliphatic heterocycles. The van der Waals surface area contributed by atoms with E-state index in [0.717, 1.165) is 11.1 Å². The summed E-state index contributed by atoms with van der Waals surface area (Å²) in [7, 11) is 0. The van der Waals surface area contributed by atoms with E-state index in [9.17, 15) is 14.7 Å². The van der Waals surface area contributed by atoms with Crippen LogP contribution in [0.25, 0.3) is 11.8 Å². The molecule has 0 saturated heterocycles. The molecule has 4 aromatic rings. The molecule has 0 spiro atoms. The number of halogens is 1. The van der Waals surface area contributed by atoms with Gasteiger partial charge in [0.2, 0.25) is 0 Å². The molecule has 0 saturated carbocycles. The first-order chi connectivity index (χ1) is 17.5. The molecule has 6 nitrogen and oxygen atoms in total. The molecule has 0 bridgehead atoms.